The second-order valence-electron chi connectivity index (χ2n) is 4.32. The molecule has 0 heterocycles. The molecule has 2 aromatic carbocycles. The number of benzene rings is 2. The van der Waals surface area contributed by atoms with Crippen molar-refractivity contribution in [2.45, 2.75) is 0 Å². The van der Waals surface area contributed by atoms with Crippen LogP contribution in [-0.4, -0.2) is 25.1 Å². The Labute approximate surface area is 123 Å². The number of carbonyl (C=O) groups is 1. The predicted molar refractivity (Wildman–Crippen MR) is 81.0 cm³/mol. The number of allylic oxidation sites excluding steroid dienone is 1. The first-order chi connectivity index (χ1) is 10.2. The van der Waals surface area contributed by atoms with Crippen LogP contribution in [0.4, 0.5) is 0 Å². The third-order valence-electron chi connectivity index (χ3n) is 3.04. The van der Waals surface area contributed by atoms with Gasteiger partial charge in [0.1, 0.15) is 5.75 Å². The first-order valence-electron chi connectivity index (χ1n) is 6.38. The molecule has 0 atom stereocenters. The van der Waals surface area contributed by atoms with E-state index < -0.39 is 0 Å². The van der Waals surface area contributed by atoms with E-state index in [0.29, 0.717) is 22.6 Å². The molecule has 0 radical (unpaired) electrons. The molecule has 0 unspecified atom stereocenters. The van der Waals surface area contributed by atoms with Gasteiger partial charge in [0.05, 0.1) is 14.2 Å². The molecule has 0 spiro atoms. The summed E-state index contributed by atoms with van der Waals surface area (Å²) in [6.07, 6.45) is 2.97. The number of hydrogen-bond acceptors (Lipinski definition) is 4. The van der Waals surface area contributed by atoms with Gasteiger partial charge >= 0.3 is 0 Å². The smallest absolute Gasteiger partial charge is 0.185 e. The Kier molecular flexibility index (Phi) is 4.61. The quantitative estimate of drug-likeness (QED) is 0.676. The highest BCUT2D eigenvalue weighted by molar-refractivity contribution is 6.07. The van der Waals surface area contributed by atoms with Crippen molar-refractivity contribution >= 4 is 11.9 Å². The summed E-state index contributed by atoms with van der Waals surface area (Å²) in [4.78, 5) is 12.0. The first-order valence-corrected chi connectivity index (χ1v) is 6.38. The van der Waals surface area contributed by atoms with E-state index in [1.165, 1.54) is 13.2 Å². The number of phenolic OH excluding ortho intramolecular Hbond substituents is 1. The van der Waals surface area contributed by atoms with Crippen LogP contribution < -0.4 is 9.47 Å². The van der Waals surface area contributed by atoms with E-state index in [2.05, 4.69) is 0 Å². The second kappa shape index (κ2) is 6.61. The molecule has 4 nitrogen and oxygen atoms in total. The Bertz CT molecular complexity index is 657. The fourth-order valence-electron chi connectivity index (χ4n) is 1.86. The minimum Gasteiger partial charge on any atom is -0.504 e. The average molecular weight is 284 g/mol. The van der Waals surface area contributed by atoms with E-state index in [0.717, 1.165) is 0 Å². The van der Waals surface area contributed by atoms with Crippen molar-refractivity contribution in [2.75, 3.05) is 14.2 Å². The Morgan fingerprint density at radius 3 is 2.38 bits per heavy atom. The van der Waals surface area contributed by atoms with Crippen LogP contribution in [0.3, 0.4) is 0 Å². The molecule has 0 fully saturated rings. The maximum atomic E-state index is 12.0. The summed E-state index contributed by atoms with van der Waals surface area (Å²) in [6.45, 7) is 0. The van der Waals surface area contributed by atoms with Crippen molar-refractivity contribution in [1.29, 1.82) is 0 Å². The molecule has 4 heteroatoms. The van der Waals surface area contributed by atoms with Crippen LogP contribution in [0, 0.1) is 0 Å². The number of hydrogen-bond donors (Lipinski definition) is 1. The second-order valence-corrected chi connectivity index (χ2v) is 4.32. The number of aromatic hydroxyl groups is 1. The lowest BCUT2D eigenvalue weighted by Crippen LogP contribution is -1.94. The van der Waals surface area contributed by atoms with E-state index in [-0.39, 0.29) is 11.5 Å². The van der Waals surface area contributed by atoms with Gasteiger partial charge in [0.2, 0.25) is 0 Å². The molecule has 2 rings (SSSR count). The fourth-order valence-corrected chi connectivity index (χ4v) is 1.86. The molecule has 0 saturated heterocycles. The molecule has 1 N–H and O–H groups in total. The Hall–Kier alpha value is -2.75. The van der Waals surface area contributed by atoms with Crippen LogP contribution in [0.5, 0.6) is 17.2 Å². The summed E-state index contributed by atoms with van der Waals surface area (Å²) < 4.78 is 10.1. The molecule has 0 aliphatic carbocycles. The highest BCUT2D eigenvalue weighted by Gasteiger charge is 2.06. The van der Waals surface area contributed by atoms with E-state index >= 15 is 0 Å². The maximum Gasteiger partial charge on any atom is 0.185 e. The van der Waals surface area contributed by atoms with E-state index in [9.17, 15) is 9.90 Å². The van der Waals surface area contributed by atoms with Crippen LogP contribution in [0.1, 0.15) is 15.9 Å². The zero-order valence-corrected chi connectivity index (χ0v) is 11.9. The minimum atomic E-state index is -0.153. The lowest BCUT2D eigenvalue weighted by Gasteiger charge is -2.05. The number of phenols is 1. The third-order valence-corrected chi connectivity index (χ3v) is 3.04. The van der Waals surface area contributed by atoms with Gasteiger partial charge in [-0.2, -0.15) is 0 Å². The van der Waals surface area contributed by atoms with Crippen molar-refractivity contribution in [3.8, 4) is 17.2 Å². The summed E-state index contributed by atoms with van der Waals surface area (Å²) in [5, 5.41) is 9.94. The van der Waals surface area contributed by atoms with Gasteiger partial charge in [-0.15, -0.1) is 0 Å². The largest absolute Gasteiger partial charge is 0.504 e. The van der Waals surface area contributed by atoms with E-state index in [1.54, 1.807) is 55.7 Å². The topological polar surface area (TPSA) is 55.8 Å². The minimum absolute atomic E-state index is 0.0128. The lowest BCUT2D eigenvalue weighted by atomic mass is 10.1. The summed E-state index contributed by atoms with van der Waals surface area (Å²) in [7, 11) is 3.05. The summed E-state index contributed by atoms with van der Waals surface area (Å²) in [5.41, 5.74) is 1.07. The molecule has 0 saturated carbocycles. The zero-order valence-electron chi connectivity index (χ0n) is 11.9. The first kappa shape index (κ1) is 14.7. The standard InChI is InChI=1S/C17H16O4/c1-20-14-9-6-12(7-10-14)15(18)11-8-13-4-3-5-16(21-2)17(13)19/h3-11,19H,1-2H3/b11-8+. The molecule has 2 aromatic rings. The fraction of sp³-hybridized carbons (Fsp3) is 0.118. The van der Waals surface area contributed by atoms with Gasteiger partial charge in [0.15, 0.2) is 17.3 Å². The van der Waals surface area contributed by atoms with E-state index in [4.69, 9.17) is 9.47 Å². The number of rotatable bonds is 5. The Morgan fingerprint density at radius 2 is 1.76 bits per heavy atom. The average Bonchev–Trinajstić information content (AvgIpc) is 2.53. The van der Waals surface area contributed by atoms with Crippen LogP contribution in [0.2, 0.25) is 0 Å². The highest BCUT2D eigenvalue weighted by atomic mass is 16.5. The van der Waals surface area contributed by atoms with Crippen LogP contribution >= 0.6 is 0 Å². The number of methoxy groups -OCH3 is 2. The van der Waals surface area contributed by atoms with Gasteiger partial charge < -0.3 is 14.6 Å². The predicted octanol–water partition coefficient (Wildman–Crippen LogP) is 3.31. The molecule has 0 aliphatic rings. The van der Waals surface area contributed by atoms with Gasteiger partial charge in [0, 0.05) is 11.1 Å². The van der Waals surface area contributed by atoms with Crippen molar-refractivity contribution in [2.24, 2.45) is 0 Å². The van der Waals surface area contributed by atoms with Crippen LogP contribution in [-0.2, 0) is 0 Å². The van der Waals surface area contributed by atoms with Crippen LogP contribution in [0.15, 0.2) is 48.5 Å². The number of carbonyl (C=O) groups excluding carboxylic acids is 1. The zero-order chi connectivity index (χ0) is 15.2. The van der Waals surface area contributed by atoms with Crippen molar-refractivity contribution in [1.82, 2.24) is 0 Å². The Balaban J connectivity index is 2.18. The highest BCUT2D eigenvalue weighted by Crippen LogP contribution is 2.30. The molecule has 21 heavy (non-hydrogen) atoms. The van der Waals surface area contributed by atoms with Crippen molar-refractivity contribution in [3.05, 3.63) is 59.7 Å². The maximum absolute atomic E-state index is 12.0. The lowest BCUT2D eigenvalue weighted by molar-refractivity contribution is 0.104. The van der Waals surface area contributed by atoms with Gasteiger partial charge in [-0.1, -0.05) is 12.1 Å². The summed E-state index contributed by atoms with van der Waals surface area (Å²) >= 11 is 0. The van der Waals surface area contributed by atoms with Crippen molar-refractivity contribution < 1.29 is 19.4 Å². The molecule has 0 aliphatic heterocycles. The molecular formula is C17H16O4. The molecule has 108 valence electrons. The van der Waals surface area contributed by atoms with Gasteiger partial charge in [-0.05, 0) is 42.5 Å². The summed E-state index contributed by atoms with van der Waals surface area (Å²) in [6, 6.07) is 11.9. The van der Waals surface area contributed by atoms with Crippen molar-refractivity contribution in [3.63, 3.8) is 0 Å². The van der Waals surface area contributed by atoms with Gasteiger partial charge in [-0.3, -0.25) is 4.79 Å². The van der Waals surface area contributed by atoms with Gasteiger partial charge in [0.25, 0.3) is 0 Å². The number of ether oxygens (including phenoxy) is 2. The number of ketones is 1. The third kappa shape index (κ3) is 3.42. The SMILES string of the molecule is COc1ccc(C(=O)/C=C/c2cccc(OC)c2O)cc1. The van der Waals surface area contributed by atoms with Crippen LogP contribution in [0.25, 0.3) is 6.08 Å². The normalized spacial score (nSPS) is 10.6. The molecule has 0 aromatic heterocycles. The molecule has 0 bridgehead atoms. The van der Waals surface area contributed by atoms with Gasteiger partial charge in [-0.25, -0.2) is 0 Å². The monoisotopic (exact) mass is 284 g/mol. The summed E-state index contributed by atoms with van der Waals surface area (Å²) in [5.74, 6) is 0.925. The molecular weight excluding hydrogens is 268 g/mol. The number of para-hydroxylation sites is 1. The molecule has 0 amide bonds. The van der Waals surface area contributed by atoms with E-state index in [1.807, 2.05) is 0 Å². The Morgan fingerprint density at radius 1 is 1.05 bits per heavy atom.